The zero-order chi connectivity index (χ0) is 14.8. The van der Waals surface area contributed by atoms with Crippen LogP contribution in [0.1, 0.15) is 22.1 Å². The van der Waals surface area contributed by atoms with Gasteiger partial charge in [-0.05, 0) is 18.2 Å². The van der Waals surface area contributed by atoms with Gasteiger partial charge in [-0.15, -0.1) is 5.10 Å². The molecule has 0 spiro atoms. The Balaban J connectivity index is 1.77. The van der Waals surface area contributed by atoms with E-state index in [2.05, 4.69) is 36.9 Å². The first-order valence-corrected chi connectivity index (χ1v) is 7.10. The second kappa shape index (κ2) is 5.63. The second-order valence-electron chi connectivity index (χ2n) is 4.65. The van der Waals surface area contributed by atoms with Gasteiger partial charge in [0.1, 0.15) is 6.07 Å². The van der Waals surface area contributed by atoms with E-state index in [1.165, 1.54) is 0 Å². The number of benzene rings is 1. The molecule has 1 fully saturated rings. The van der Waals surface area contributed by atoms with Gasteiger partial charge in [0, 0.05) is 17.6 Å². The number of halogens is 1. The highest BCUT2D eigenvalue weighted by Crippen LogP contribution is 2.21. The minimum atomic E-state index is -0.382. The Morgan fingerprint density at radius 1 is 1.52 bits per heavy atom. The number of hydrogen-bond donors (Lipinski definition) is 2. The van der Waals surface area contributed by atoms with Crippen molar-refractivity contribution in [1.29, 1.82) is 5.26 Å². The Kier molecular flexibility index (Phi) is 3.68. The first kappa shape index (κ1) is 13.7. The monoisotopic (exact) mass is 346 g/mol. The topological polar surface area (TPSA) is 95.6 Å². The molecule has 1 amide bonds. The van der Waals surface area contributed by atoms with Crippen molar-refractivity contribution in [2.45, 2.75) is 6.04 Å². The molecule has 2 heterocycles. The first-order valence-electron chi connectivity index (χ1n) is 6.31. The van der Waals surface area contributed by atoms with E-state index in [1.807, 2.05) is 6.07 Å². The lowest BCUT2D eigenvalue weighted by Gasteiger charge is -2.26. The quantitative estimate of drug-likeness (QED) is 0.873. The lowest BCUT2D eigenvalue weighted by molar-refractivity contribution is 0.102. The van der Waals surface area contributed by atoms with Crippen LogP contribution < -0.4 is 10.6 Å². The number of anilines is 1. The lowest BCUT2D eigenvalue weighted by atomic mass is 10.2. The molecule has 0 aliphatic carbocycles. The van der Waals surface area contributed by atoms with Crippen LogP contribution in [0.25, 0.3) is 0 Å². The summed E-state index contributed by atoms with van der Waals surface area (Å²) in [6.45, 7) is 1.66. The number of nitriles is 1. The maximum absolute atomic E-state index is 12.1. The zero-order valence-electron chi connectivity index (χ0n) is 10.9. The van der Waals surface area contributed by atoms with Gasteiger partial charge in [0.2, 0.25) is 0 Å². The average molecular weight is 347 g/mol. The molecule has 1 aromatic carbocycles. The molecule has 7 nitrogen and oxygen atoms in total. The Hall–Kier alpha value is -2.24. The highest BCUT2D eigenvalue weighted by Gasteiger charge is 2.22. The van der Waals surface area contributed by atoms with Crippen molar-refractivity contribution in [2.24, 2.45) is 0 Å². The van der Waals surface area contributed by atoms with E-state index in [4.69, 9.17) is 5.26 Å². The lowest BCUT2D eigenvalue weighted by Crippen LogP contribution is -2.43. The molecule has 2 aromatic rings. The van der Waals surface area contributed by atoms with Gasteiger partial charge in [0.05, 0.1) is 23.5 Å². The Morgan fingerprint density at radius 2 is 2.33 bits per heavy atom. The van der Waals surface area contributed by atoms with Crippen LogP contribution >= 0.6 is 15.9 Å². The summed E-state index contributed by atoms with van der Waals surface area (Å²) in [5.74, 6) is -0.382. The van der Waals surface area contributed by atoms with Crippen LogP contribution in [-0.2, 0) is 0 Å². The molecule has 1 saturated heterocycles. The fourth-order valence-corrected chi connectivity index (χ4v) is 2.29. The van der Waals surface area contributed by atoms with Gasteiger partial charge in [0.25, 0.3) is 5.91 Å². The number of aromatic nitrogens is 3. The summed E-state index contributed by atoms with van der Waals surface area (Å²) in [6, 6.07) is 7.36. The highest BCUT2D eigenvalue weighted by atomic mass is 79.9. The molecule has 0 atom stereocenters. The minimum absolute atomic E-state index is 0.230. The van der Waals surface area contributed by atoms with Crippen molar-refractivity contribution in [3.8, 4) is 6.07 Å². The van der Waals surface area contributed by atoms with Gasteiger partial charge in [-0.3, -0.25) is 4.79 Å². The van der Waals surface area contributed by atoms with Crippen molar-refractivity contribution in [1.82, 2.24) is 20.3 Å². The summed E-state index contributed by atoms with van der Waals surface area (Å²) in [6.07, 6.45) is 1.62. The summed E-state index contributed by atoms with van der Waals surface area (Å²) in [7, 11) is 0. The van der Waals surface area contributed by atoms with Crippen molar-refractivity contribution in [3.05, 3.63) is 40.1 Å². The SMILES string of the molecule is N#Cc1cc(Br)ccc1NC(=O)c1cn(C2CNC2)nn1. The van der Waals surface area contributed by atoms with E-state index in [-0.39, 0.29) is 17.6 Å². The zero-order valence-corrected chi connectivity index (χ0v) is 12.5. The number of hydrogen-bond acceptors (Lipinski definition) is 5. The van der Waals surface area contributed by atoms with Crippen LogP contribution in [0, 0.1) is 11.3 Å². The third kappa shape index (κ3) is 2.79. The molecule has 106 valence electrons. The van der Waals surface area contributed by atoms with E-state index in [9.17, 15) is 4.79 Å². The van der Waals surface area contributed by atoms with E-state index in [0.29, 0.717) is 11.3 Å². The molecule has 3 rings (SSSR count). The highest BCUT2D eigenvalue weighted by molar-refractivity contribution is 9.10. The predicted octanol–water partition coefficient (Wildman–Crippen LogP) is 1.31. The molecule has 1 aromatic heterocycles. The number of nitrogens with one attached hydrogen (secondary N) is 2. The molecule has 2 N–H and O–H groups in total. The molecular weight excluding hydrogens is 336 g/mol. The van der Waals surface area contributed by atoms with Gasteiger partial charge in [-0.25, -0.2) is 4.68 Å². The van der Waals surface area contributed by atoms with Gasteiger partial charge in [0.15, 0.2) is 5.69 Å². The number of carbonyl (C=O) groups excluding carboxylic acids is 1. The third-order valence-electron chi connectivity index (χ3n) is 3.23. The molecule has 0 bridgehead atoms. The fourth-order valence-electron chi connectivity index (χ4n) is 1.92. The third-order valence-corrected chi connectivity index (χ3v) is 3.72. The Labute approximate surface area is 129 Å². The molecule has 8 heteroatoms. The van der Waals surface area contributed by atoms with Crippen LogP contribution in [0.4, 0.5) is 5.69 Å². The summed E-state index contributed by atoms with van der Waals surface area (Å²) < 4.78 is 2.46. The number of rotatable bonds is 3. The molecule has 1 aliphatic heterocycles. The fraction of sp³-hybridized carbons (Fsp3) is 0.231. The maximum atomic E-state index is 12.1. The molecule has 21 heavy (non-hydrogen) atoms. The van der Waals surface area contributed by atoms with Gasteiger partial charge >= 0.3 is 0 Å². The molecule has 0 saturated carbocycles. The summed E-state index contributed by atoms with van der Waals surface area (Å²) in [4.78, 5) is 12.1. The van der Waals surface area contributed by atoms with Crippen molar-refractivity contribution in [2.75, 3.05) is 18.4 Å². The van der Waals surface area contributed by atoms with Crippen LogP contribution in [0.3, 0.4) is 0 Å². The van der Waals surface area contributed by atoms with Crippen LogP contribution in [0.15, 0.2) is 28.9 Å². The summed E-state index contributed by atoms with van der Waals surface area (Å²) in [5, 5.41) is 22.7. The predicted molar refractivity (Wildman–Crippen MR) is 78.7 cm³/mol. The van der Waals surface area contributed by atoms with Crippen molar-refractivity contribution in [3.63, 3.8) is 0 Å². The van der Waals surface area contributed by atoms with E-state index in [0.717, 1.165) is 17.6 Å². The molecule has 1 aliphatic rings. The standard InChI is InChI=1S/C13H11BrN6O/c14-9-1-2-11(8(3-9)4-15)17-13(21)12-7-20(19-18-12)10-5-16-6-10/h1-3,7,10,16H,5-6H2,(H,17,21). The van der Waals surface area contributed by atoms with E-state index in [1.54, 1.807) is 29.1 Å². The molecule has 0 unspecified atom stereocenters. The smallest absolute Gasteiger partial charge is 0.277 e. The number of nitrogens with zero attached hydrogens (tertiary/aromatic N) is 4. The van der Waals surface area contributed by atoms with Crippen LogP contribution in [0.2, 0.25) is 0 Å². The van der Waals surface area contributed by atoms with Crippen LogP contribution in [0.5, 0.6) is 0 Å². The molecular formula is C13H11BrN6O. The summed E-state index contributed by atoms with van der Waals surface area (Å²) >= 11 is 3.29. The van der Waals surface area contributed by atoms with Gasteiger partial charge in [-0.2, -0.15) is 5.26 Å². The van der Waals surface area contributed by atoms with Gasteiger partial charge < -0.3 is 10.6 Å². The largest absolute Gasteiger partial charge is 0.319 e. The molecule has 0 radical (unpaired) electrons. The van der Waals surface area contributed by atoms with E-state index < -0.39 is 0 Å². The Bertz CT molecular complexity index is 731. The van der Waals surface area contributed by atoms with Crippen LogP contribution in [-0.4, -0.2) is 34.0 Å². The van der Waals surface area contributed by atoms with E-state index >= 15 is 0 Å². The normalized spacial score (nSPS) is 14.3. The average Bonchev–Trinajstić information content (AvgIpc) is 2.88. The second-order valence-corrected chi connectivity index (χ2v) is 5.57. The maximum Gasteiger partial charge on any atom is 0.277 e. The van der Waals surface area contributed by atoms with Gasteiger partial charge in [-0.1, -0.05) is 21.1 Å². The Morgan fingerprint density at radius 3 is 3.00 bits per heavy atom. The van der Waals surface area contributed by atoms with Crippen molar-refractivity contribution < 1.29 is 4.79 Å². The summed E-state index contributed by atoms with van der Waals surface area (Å²) in [5.41, 5.74) is 1.06. The minimum Gasteiger partial charge on any atom is -0.319 e. The van der Waals surface area contributed by atoms with Crippen molar-refractivity contribution >= 4 is 27.5 Å². The first-order chi connectivity index (χ1) is 10.2. The number of carbonyl (C=O) groups is 1. The number of amides is 1.